The Kier molecular flexibility index (Phi) is 3.87. The van der Waals surface area contributed by atoms with E-state index in [1.54, 1.807) is 0 Å². The number of hydrogen-bond acceptors (Lipinski definition) is 2. The average Bonchev–Trinajstić information content (AvgIpc) is 2.99. The average molecular weight is 366 g/mol. The van der Waals surface area contributed by atoms with Crippen LogP contribution in [0.1, 0.15) is 29.2 Å². The fourth-order valence-electron chi connectivity index (χ4n) is 4.88. The molecule has 2 atom stereocenters. The maximum absolute atomic E-state index is 12.6. The molecule has 1 N–H and O–H groups in total. The first-order valence-electron chi connectivity index (χ1n) is 9.73. The standard InChI is InChI=1S/C26H22O2/c1-2-28-26(21-15-7-4-8-16-21)23-18-10-12-19-11-9-17-22(24(19)23)25(26,27)20-13-5-3-6-14-20/h3-18,27H,2H2,1H3/t25-,26+/m1/s1. The summed E-state index contributed by atoms with van der Waals surface area (Å²) in [4.78, 5) is 0. The van der Waals surface area contributed by atoms with E-state index in [9.17, 15) is 5.11 Å². The van der Waals surface area contributed by atoms with Gasteiger partial charge in [-0.2, -0.15) is 0 Å². The predicted molar refractivity (Wildman–Crippen MR) is 112 cm³/mol. The lowest BCUT2D eigenvalue weighted by Crippen LogP contribution is -2.49. The molecular weight excluding hydrogens is 344 g/mol. The van der Waals surface area contributed by atoms with Crippen LogP contribution < -0.4 is 0 Å². The molecule has 1 aliphatic carbocycles. The largest absolute Gasteiger partial charge is 0.377 e. The highest BCUT2D eigenvalue weighted by Gasteiger charge is 2.61. The van der Waals surface area contributed by atoms with E-state index in [0.29, 0.717) is 6.61 Å². The minimum Gasteiger partial charge on any atom is -0.377 e. The maximum Gasteiger partial charge on any atom is 0.156 e. The SMILES string of the molecule is CCO[C@@]1(c2ccccc2)c2cccc3cccc(c23)[C@]1(O)c1ccccc1. The first-order valence-corrected chi connectivity index (χ1v) is 9.73. The van der Waals surface area contributed by atoms with Crippen LogP contribution >= 0.6 is 0 Å². The van der Waals surface area contributed by atoms with Crippen molar-refractivity contribution in [1.82, 2.24) is 0 Å². The minimum absolute atomic E-state index is 0.481. The van der Waals surface area contributed by atoms with Gasteiger partial charge in [0.05, 0.1) is 0 Å². The van der Waals surface area contributed by atoms with Gasteiger partial charge in [-0.3, -0.25) is 0 Å². The second-order valence-electron chi connectivity index (χ2n) is 7.27. The van der Waals surface area contributed by atoms with Crippen molar-refractivity contribution in [2.45, 2.75) is 18.1 Å². The van der Waals surface area contributed by atoms with E-state index in [1.165, 1.54) is 0 Å². The monoisotopic (exact) mass is 366 g/mol. The lowest BCUT2D eigenvalue weighted by Gasteiger charge is -2.44. The van der Waals surface area contributed by atoms with Gasteiger partial charge >= 0.3 is 0 Å². The molecule has 0 fully saturated rings. The van der Waals surface area contributed by atoms with E-state index in [1.807, 2.05) is 79.7 Å². The first kappa shape index (κ1) is 17.2. The fraction of sp³-hybridized carbons (Fsp3) is 0.154. The van der Waals surface area contributed by atoms with E-state index in [0.717, 1.165) is 33.0 Å². The van der Waals surface area contributed by atoms with Crippen LogP contribution in [0.25, 0.3) is 10.8 Å². The van der Waals surface area contributed by atoms with E-state index in [4.69, 9.17) is 4.74 Å². The highest BCUT2D eigenvalue weighted by Crippen LogP contribution is 2.59. The van der Waals surface area contributed by atoms with Gasteiger partial charge in [0.15, 0.2) is 11.2 Å². The molecule has 2 nitrogen and oxygen atoms in total. The van der Waals surface area contributed by atoms with Gasteiger partial charge in [-0.25, -0.2) is 0 Å². The molecule has 28 heavy (non-hydrogen) atoms. The van der Waals surface area contributed by atoms with Crippen LogP contribution in [0.15, 0.2) is 97.1 Å². The van der Waals surface area contributed by atoms with Crippen LogP contribution in [0, 0.1) is 0 Å². The van der Waals surface area contributed by atoms with Gasteiger partial charge in [-0.05, 0) is 34.4 Å². The first-order chi connectivity index (χ1) is 13.7. The fourth-order valence-corrected chi connectivity index (χ4v) is 4.88. The van der Waals surface area contributed by atoms with Crippen molar-refractivity contribution in [3.8, 4) is 0 Å². The summed E-state index contributed by atoms with van der Waals surface area (Å²) in [5, 5.41) is 14.8. The van der Waals surface area contributed by atoms with Crippen molar-refractivity contribution in [1.29, 1.82) is 0 Å². The summed E-state index contributed by atoms with van der Waals surface area (Å²) in [6.45, 7) is 2.47. The van der Waals surface area contributed by atoms with Crippen LogP contribution in [-0.2, 0) is 15.9 Å². The van der Waals surface area contributed by atoms with Crippen molar-refractivity contribution in [3.05, 3.63) is 119 Å². The summed E-state index contributed by atoms with van der Waals surface area (Å²) >= 11 is 0. The molecule has 0 amide bonds. The second-order valence-corrected chi connectivity index (χ2v) is 7.27. The topological polar surface area (TPSA) is 29.5 Å². The Morgan fingerprint density at radius 3 is 1.86 bits per heavy atom. The number of ether oxygens (including phenoxy) is 1. The zero-order valence-corrected chi connectivity index (χ0v) is 15.8. The summed E-state index contributed by atoms with van der Waals surface area (Å²) in [7, 11) is 0. The maximum atomic E-state index is 12.6. The number of hydrogen-bond donors (Lipinski definition) is 1. The lowest BCUT2D eigenvalue weighted by molar-refractivity contribution is -0.143. The molecule has 4 aromatic carbocycles. The molecule has 0 heterocycles. The molecule has 0 bridgehead atoms. The van der Waals surface area contributed by atoms with E-state index >= 15 is 0 Å². The predicted octanol–water partition coefficient (Wildman–Crippen LogP) is 5.37. The van der Waals surface area contributed by atoms with Gasteiger partial charge in [0, 0.05) is 12.2 Å². The molecule has 0 saturated carbocycles. The van der Waals surface area contributed by atoms with Crippen LogP contribution in [-0.4, -0.2) is 11.7 Å². The minimum atomic E-state index is -1.34. The van der Waals surface area contributed by atoms with Crippen molar-refractivity contribution in [3.63, 3.8) is 0 Å². The van der Waals surface area contributed by atoms with Crippen LogP contribution in [0.2, 0.25) is 0 Å². The van der Waals surface area contributed by atoms with Crippen molar-refractivity contribution >= 4 is 10.8 Å². The summed E-state index contributed by atoms with van der Waals surface area (Å²) in [6.07, 6.45) is 0. The number of aliphatic hydroxyl groups is 1. The van der Waals surface area contributed by atoms with Crippen LogP contribution in [0.5, 0.6) is 0 Å². The molecule has 0 radical (unpaired) electrons. The summed E-state index contributed by atoms with van der Waals surface area (Å²) < 4.78 is 6.57. The highest BCUT2D eigenvalue weighted by molar-refractivity contribution is 5.95. The zero-order chi connectivity index (χ0) is 19.2. The highest BCUT2D eigenvalue weighted by atomic mass is 16.5. The third-order valence-electron chi connectivity index (χ3n) is 5.92. The molecule has 5 rings (SSSR count). The number of rotatable bonds is 4. The van der Waals surface area contributed by atoms with Crippen LogP contribution in [0.3, 0.4) is 0 Å². The summed E-state index contributed by atoms with van der Waals surface area (Å²) in [5.74, 6) is 0. The van der Waals surface area contributed by atoms with Gasteiger partial charge in [0.1, 0.15) is 0 Å². The van der Waals surface area contributed by atoms with Gasteiger partial charge < -0.3 is 9.84 Å². The molecule has 2 heteroatoms. The summed E-state index contributed by atoms with van der Waals surface area (Å²) in [6, 6.07) is 32.4. The Morgan fingerprint density at radius 2 is 1.25 bits per heavy atom. The van der Waals surface area contributed by atoms with Gasteiger partial charge in [-0.15, -0.1) is 0 Å². The summed E-state index contributed by atoms with van der Waals surface area (Å²) in [5.41, 5.74) is 1.33. The molecule has 0 aromatic heterocycles. The molecule has 0 aliphatic heterocycles. The van der Waals surface area contributed by atoms with Gasteiger partial charge in [-0.1, -0.05) is 97.1 Å². The van der Waals surface area contributed by atoms with Crippen molar-refractivity contribution < 1.29 is 9.84 Å². The van der Waals surface area contributed by atoms with Crippen molar-refractivity contribution in [2.75, 3.05) is 6.61 Å². The van der Waals surface area contributed by atoms with Gasteiger partial charge in [0.25, 0.3) is 0 Å². The Hall–Kier alpha value is -2.94. The smallest absolute Gasteiger partial charge is 0.156 e. The van der Waals surface area contributed by atoms with Crippen molar-refractivity contribution in [2.24, 2.45) is 0 Å². The third kappa shape index (κ3) is 2.05. The molecule has 4 aromatic rings. The normalized spacial score (nSPS) is 23.2. The van der Waals surface area contributed by atoms with E-state index in [-0.39, 0.29) is 0 Å². The lowest BCUT2D eigenvalue weighted by atomic mass is 9.71. The number of benzene rings is 4. The van der Waals surface area contributed by atoms with E-state index in [2.05, 4.69) is 24.3 Å². The Morgan fingerprint density at radius 1 is 0.679 bits per heavy atom. The zero-order valence-electron chi connectivity index (χ0n) is 15.8. The molecule has 138 valence electrons. The second kappa shape index (κ2) is 6.30. The Balaban J connectivity index is 1.97. The van der Waals surface area contributed by atoms with Gasteiger partial charge in [0.2, 0.25) is 0 Å². The van der Waals surface area contributed by atoms with Crippen LogP contribution in [0.4, 0.5) is 0 Å². The Labute approximate surface area is 165 Å². The molecule has 1 aliphatic rings. The molecule has 0 saturated heterocycles. The molecular formula is C26H22O2. The third-order valence-corrected chi connectivity index (χ3v) is 5.92. The van der Waals surface area contributed by atoms with E-state index < -0.39 is 11.2 Å². The molecule has 0 spiro atoms. The quantitative estimate of drug-likeness (QED) is 0.526. The Bertz CT molecular complexity index is 1130. The molecule has 0 unspecified atom stereocenters.